The van der Waals surface area contributed by atoms with E-state index in [1.165, 1.54) is 0 Å². The molecular formula is C19H33N7O. The fraction of sp³-hybridized carbons (Fsp3) is 0.526. The summed E-state index contributed by atoms with van der Waals surface area (Å²) in [6, 6.07) is 7.13. The Morgan fingerprint density at radius 2 is 1.59 bits per heavy atom. The van der Waals surface area contributed by atoms with Gasteiger partial charge in [0, 0.05) is 31.5 Å². The van der Waals surface area contributed by atoms with Gasteiger partial charge in [-0.2, -0.15) is 0 Å². The second-order valence-electron chi connectivity index (χ2n) is 6.38. The maximum Gasteiger partial charge on any atom is 0.188 e. The summed E-state index contributed by atoms with van der Waals surface area (Å²) in [5.74, 6) is 1.54. The molecule has 0 aliphatic carbocycles. The molecule has 0 aromatic heterocycles. The maximum atomic E-state index is 7.34. The number of unbranched alkanes of at least 4 members (excludes halogenated alkanes) is 4. The number of guanidine groups is 1. The molecule has 0 bridgehead atoms. The van der Waals surface area contributed by atoms with Gasteiger partial charge in [0.15, 0.2) is 5.96 Å². The second kappa shape index (κ2) is 13.4. The number of amidine groups is 2. The third kappa shape index (κ3) is 11.5. The minimum Gasteiger partial charge on any atom is -0.494 e. The lowest BCUT2D eigenvalue weighted by molar-refractivity contribution is 0.313. The first-order valence-corrected chi connectivity index (χ1v) is 9.43. The largest absolute Gasteiger partial charge is 0.494 e. The summed E-state index contributed by atoms with van der Waals surface area (Å²) in [6.45, 7) is 1.98. The summed E-state index contributed by atoms with van der Waals surface area (Å²) in [6.07, 6.45) is 6.91. The van der Waals surface area contributed by atoms with Crippen LogP contribution in [-0.2, 0) is 0 Å². The SMILES string of the molecule is N=C(N)CCCCCCCNC(N)=NCCCOc1ccc(C(=N)N)cc1. The van der Waals surface area contributed by atoms with Gasteiger partial charge in [-0.1, -0.05) is 19.3 Å². The van der Waals surface area contributed by atoms with Crippen molar-refractivity contribution in [2.24, 2.45) is 22.2 Å². The smallest absolute Gasteiger partial charge is 0.188 e. The number of nitrogens with two attached hydrogens (primary N) is 3. The Balaban J connectivity index is 2.01. The van der Waals surface area contributed by atoms with Crippen molar-refractivity contribution >= 4 is 17.6 Å². The van der Waals surface area contributed by atoms with Crippen LogP contribution in [0.5, 0.6) is 5.75 Å². The van der Waals surface area contributed by atoms with E-state index in [2.05, 4.69) is 10.3 Å². The van der Waals surface area contributed by atoms with Crippen LogP contribution in [0.25, 0.3) is 0 Å². The third-order valence-electron chi connectivity index (χ3n) is 3.95. The Labute approximate surface area is 161 Å². The van der Waals surface area contributed by atoms with E-state index in [-0.39, 0.29) is 11.7 Å². The molecule has 8 heteroatoms. The summed E-state index contributed by atoms with van der Waals surface area (Å²) < 4.78 is 5.62. The Bertz CT molecular complexity index is 599. The van der Waals surface area contributed by atoms with Gasteiger partial charge in [0.1, 0.15) is 11.6 Å². The quantitative estimate of drug-likeness (QED) is 0.166. The van der Waals surface area contributed by atoms with Crippen LogP contribution < -0.4 is 27.3 Å². The zero-order valence-corrected chi connectivity index (χ0v) is 16.0. The van der Waals surface area contributed by atoms with Crippen LogP contribution in [0.3, 0.4) is 0 Å². The number of hydrogen-bond acceptors (Lipinski definition) is 4. The average Bonchev–Trinajstić information content (AvgIpc) is 2.63. The van der Waals surface area contributed by atoms with Gasteiger partial charge in [-0.25, -0.2) is 0 Å². The molecule has 8 nitrogen and oxygen atoms in total. The van der Waals surface area contributed by atoms with Crippen LogP contribution >= 0.6 is 0 Å². The van der Waals surface area contributed by atoms with Crippen LogP contribution in [0, 0.1) is 10.8 Å². The second-order valence-corrected chi connectivity index (χ2v) is 6.38. The molecule has 0 atom stereocenters. The predicted molar refractivity (Wildman–Crippen MR) is 112 cm³/mol. The topological polar surface area (TPSA) is 159 Å². The van der Waals surface area contributed by atoms with Crippen molar-refractivity contribution in [2.45, 2.75) is 44.9 Å². The van der Waals surface area contributed by atoms with E-state index in [1.807, 2.05) is 0 Å². The number of nitrogen functional groups attached to an aromatic ring is 1. The van der Waals surface area contributed by atoms with Crippen LogP contribution in [0.2, 0.25) is 0 Å². The lowest BCUT2D eigenvalue weighted by Gasteiger charge is -2.07. The molecule has 1 aromatic carbocycles. The van der Waals surface area contributed by atoms with E-state index >= 15 is 0 Å². The number of nitrogens with one attached hydrogen (secondary N) is 3. The molecule has 0 radical (unpaired) electrons. The molecule has 27 heavy (non-hydrogen) atoms. The predicted octanol–water partition coefficient (Wildman–Crippen LogP) is 1.92. The van der Waals surface area contributed by atoms with E-state index in [9.17, 15) is 0 Å². The van der Waals surface area contributed by atoms with Gasteiger partial charge in [-0.3, -0.25) is 15.8 Å². The summed E-state index contributed by atoms with van der Waals surface area (Å²) in [5, 5.41) is 17.6. The molecule has 150 valence electrons. The number of aliphatic imine (C=N–C) groups is 1. The van der Waals surface area contributed by atoms with E-state index < -0.39 is 0 Å². The molecule has 0 fully saturated rings. The highest BCUT2D eigenvalue weighted by Gasteiger charge is 1.98. The molecule has 0 unspecified atom stereocenters. The molecule has 1 rings (SSSR count). The summed E-state index contributed by atoms with van der Waals surface area (Å²) >= 11 is 0. The molecular weight excluding hydrogens is 342 g/mol. The fourth-order valence-electron chi connectivity index (χ4n) is 2.43. The van der Waals surface area contributed by atoms with Crippen LogP contribution in [0.1, 0.15) is 50.5 Å². The first-order chi connectivity index (χ1) is 13.0. The summed E-state index contributed by atoms with van der Waals surface area (Å²) in [5.41, 5.74) is 17.2. The van der Waals surface area contributed by atoms with Crippen molar-refractivity contribution in [3.63, 3.8) is 0 Å². The zero-order valence-electron chi connectivity index (χ0n) is 16.0. The Hall–Kier alpha value is -2.77. The van der Waals surface area contributed by atoms with Gasteiger partial charge in [-0.15, -0.1) is 0 Å². The highest BCUT2D eigenvalue weighted by atomic mass is 16.5. The van der Waals surface area contributed by atoms with Crippen molar-refractivity contribution in [3.05, 3.63) is 29.8 Å². The lowest BCUT2D eigenvalue weighted by Crippen LogP contribution is -2.32. The summed E-state index contributed by atoms with van der Waals surface area (Å²) in [4.78, 5) is 4.28. The normalized spacial score (nSPS) is 11.2. The molecule has 0 saturated heterocycles. The number of nitrogens with zero attached hydrogens (tertiary/aromatic N) is 1. The van der Waals surface area contributed by atoms with Crippen molar-refractivity contribution in [2.75, 3.05) is 19.7 Å². The lowest BCUT2D eigenvalue weighted by atomic mass is 10.1. The van der Waals surface area contributed by atoms with E-state index in [0.717, 1.165) is 50.8 Å². The Morgan fingerprint density at radius 1 is 0.926 bits per heavy atom. The fourth-order valence-corrected chi connectivity index (χ4v) is 2.43. The zero-order chi connectivity index (χ0) is 19.9. The molecule has 0 aliphatic heterocycles. The maximum absolute atomic E-state index is 7.34. The molecule has 0 spiro atoms. The van der Waals surface area contributed by atoms with E-state index in [0.29, 0.717) is 31.1 Å². The van der Waals surface area contributed by atoms with Gasteiger partial charge < -0.3 is 27.3 Å². The van der Waals surface area contributed by atoms with Crippen molar-refractivity contribution in [1.29, 1.82) is 10.8 Å². The molecule has 9 N–H and O–H groups in total. The standard InChI is InChI=1S/C19H33N7O/c20-17(21)7-4-2-1-3-5-12-25-19(24)26-13-6-14-27-16-10-8-15(9-11-16)18(22)23/h8-11H,1-7,12-14H2,(H3,20,21)(H3,22,23)(H3,24,25,26). The van der Waals surface area contributed by atoms with E-state index in [4.69, 9.17) is 32.8 Å². The Kier molecular flexibility index (Phi) is 11.1. The first kappa shape index (κ1) is 22.3. The number of hydrogen-bond donors (Lipinski definition) is 6. The third-order valence-corrected chi connectivity index (χ3v) is 3.95. The molecule has 0 aliphatic rings. The number of rotatable bonds is 14. The summed E-state index contributed by atoms with van der Waals surface area (Å²) in [7, 11) is 0. The van der Waals surface area contributed by atoms with Crippen molar-refractivity contribution < 1.29 is 4.74 Å². The van der Waals surface area contributed by atoms with Crippen LogP contribution in [0.4, 0.5) is 0 Å². The van der Waals surface area contributed by atoms with Gasteiger partial charge in [0.25, 0.3) is 0 Å². The molecule has 0 heterocycles. The highest BCUT2D eigenvalue weighted by molar-refractivity contribution is 5.94. The first-order valence-electron chi connectivity index (χ1n) is 9.43. The molecule has 1 aromatic rings. The monoisotopic (exact) mass is 375 g/mol. The molecule has 0 amide bonds. The minimum absolute atomic E-state index is 0.0480. The van der Waals surface area contributed by atoms with Crippen LogP contribution in [-0.4, -0.2) is 37.3 Å². The van der Waals surface area contributed by atoms with Gasteiger partial charge in [0.2, 0.25) is 0 Å². The minimum atomic E-state index is 0.0480. The van der Waals surface area contributed by atoms with Gasteiger partial charge in [-0.05, 0) is 37.1 Å². The van der Waals surface area contributed by atoms with E-state index in [1.54, 1.807) is 24.3 Å². The average molecular weight is 376 g/mol. The Morgan fingerprint density at radius 3 is 2.26 bits per heavy atom. The molecule has 0 saturated carbocycles. The van der Waals surface area contributed by atoms with Crippen LogP contribution in [0.15, 0.2) is 29.3 Å². The van der Waals surface area contributed by atoms with Gasteiger partial charge >= 0.3 is 0 Å². The van der Waals surface area contributed by atoms with Crippen molar-refractivity contribution in [1.82, 2.24) is 5.32 Å². The number of benzene rings is 1. The van der Waals surface area contributed by atoms with Crippen molar-refractivity contribution in [3.8, 4) is 5.75 Å². The number of ether oxygens (including phenoxy) is 1. The highest BCUT2D eigenvalue weighted by Crippen LogP contribution is 2.12. The van der Waals surface area contributed by atoms with Gasteiger partial charge in [0.05, 0.1) is 12.4 Å².